The average Bonchev–Trinajstić information content (AvgIpc) is 2.37. The molecule has 0 spiro atoms. The summed E-state index contributed by atoms with van der Waals surface area (Å²) in [6.45, 7) is 6.11. The molecule has 0 N–H and O–H groups in total. The van der Waals surface area contributed by atoms with E-state index < -0.39 is 0 Å². The Morgan fingerprint density at radius 3 is 2.61 bits per heavy atom. The van der Waals surface area contributed by atoms with E-state index in [9.17, 15) is 0 Å². The number of hydrogen-bond acceptors (Lipinski definition) is 1. The van der Waals surface area contributed by atoms with Crippen LogP contribution < -0.4 is 0 Å². The fourth-order valence-corrected chi connectivity index (χ4v) is 2.32. The summed E-state index contributed by atoms with van der Waals surface area (Å²) in [5.41, 5.74) is 1.50. The number of rotatable bonds is 5. The van der Waals surface area contributed by atoms with Crippen LogP contribution in [0.2, 0.25) is 0 Å². The lowest BCUT2D eigenvalue weighted by molar-refractivity contribution is 0.101. The number of hydrogen-bond donors (Lipinski definition) is 0. The van der Waals surface area contributed by atoms with Gasteiger partial charge in [-0.2, -0.15) is 0 Å². The highest BCUT2D eigenvalue weighted by molar-refractivity contribution is 5.18. The van der Waals surface area contributed by atoms with Gasteiger partial charge in [0.15, 0.2) is 0 Å². The first-order valence-corrected chi connectivity index (χ1v) is 6.66. The van der Waals surface area contributed by atoms with Gasteiger partial charge in [0.1, 0.15) is 0 Å². The topological polar surface area (TPSA) is 9.23 Å². The Morgan fingerprint density at radius 2 is 1.89 bits per heavy atom. The van der Waals surface area contributed by atoms with Crippen molar-refractivity contribution in [3.63, 3.8) is 0 Å². The van der Waals surface area contributed by atoms with Crippen LogP contribution in [0.15, 0.2) is 54.6 Å². The van der Waals surface area contributed by atoms with Crippen molar-refractivity contribution in [2.45, 2.75) is 26.9 Å². The second-order valence-corrected chi connectivity index (χ2v) is 5.50. The molecule has 1 aliphatic carbocycles. The van der Waals surface area contributed by atoms with Crippen LogP contribution >= 0.6 is 0 Å². The smallest absolute Gasteiger partial charge is 0.0716 e. The molecule has 1 atom stereocenters. The van der Waals surface area contributed by atoms with Gasteiger partial charge in [-0.05, 0) is 23.3 Å². The van der Waals surface area contributed by atoms with Gasteiger partial charge in [-0.15, -0.1) is 0 Å². The minimum absolute atomic E-state index is 0.255. The van der Waals surface area contributed by atoms with Gasteiger partial charge >= 0.3 is 0 Å². The van der Waals surface area contributed by atoms with E-state index in [4.69, 9.17) is 4.74 Å². The molecule has 0 saturated carbocycles. The molecule has 0 aromatic heterocycles. The molecule has 1 aromatic carbocycles. The molecule has 96 valence electrons. The molecule has 1 heteroatoms. The van der Waals surface area contributed by atoms with Gasteiger partial charge in [0.25, 0.3) is 0 Å². The molecule has 2 rings (SSSR count). The zero-order valence-corrected chi connectivity index (χ0v) is 11.3. The zero-order valence-electron chi connectivity index (χ0n) is 11.3. The van der Waals surface area contributed by atoms with Gasteiger partial charge in [-0.3, -0.25) is 0 Å². The van der Waals surface area contributed by atoms with Crippen molar-refractivity contribution in [3.05, 3.63) is 60.2 Å². The van der Waals surface area contributed by atoms with Crippen molar-refractivity contribution < 1.29 is 4.74 Å². The Labute approximate surface area is 110 Å². The Kier molecular flexibility index (Phi) is 4.38. The second kappa shape index (κ2) is 6.01. The molecule has 0 saturated heterocycles. The predicted molar refractivity (Wildman–Crippen MR) is 76.3 cm³/mol. The van der Waals surface area contributed by atoms with Gasteiger partial charge < -0.3 is 4.74 Å². The fourth-order valence-electron chi connectivity index (χ4n) is 2.32. The molecule has 0 amide bonds. The van der Waals surface area contributed by atoms with Crippen molar-refractivity contribution >= 4 is 0 Å². The molecule has 18 heavy (non-hydrogen) atoms. The van der Waals surface area contributed by atoms with E-state index in [0.29, 0.717) is 12.5 Å². The number of benzene rings is 1. The van der Waals surface area contributed by atoms with Crippen LogP contribution in [0.25, 0.3) is 0 Å². The van der Waals surface area contributed by atoms with Crippen LogP contribution in [0.4, 0.5) is 0 Å². The molecule has 1 nitrogen and oxygen atoms in total. The molecule has 1 unspecified atom stereocenters. The summed E-state index contributed by atoms with van der Waals surface area (Å²) >= 11 is 0. The van der Waals surface area contributed by atoms with Crippen LogP contribution in [-0.4, -0.2) is 6.61 Å². The van der Waals surface area contributed by atoms with E-state index in [0.717, 1.165) is 13.0 Å². The molecule has 0 bridgehead atoms. The third-order valence-corrected chi connectivity index (χ3v) is 3.62. The average molecular weight is 242 g/mol. The standard InChI is InChI=1S/C17H22O/c1-17(2)12-7-6-10-16(17)11-13-18-14-15-8-4-3-5-9-15/h3-10,12,16H,11,13-14H2,1-2H3. The third kappa shape index (κ3) is 3.58. The zero-order chi connectivity index (χ0) is 12.8. The first kappa shape index (κ1) is 13.1. The monoisotopic (exact) mass is 242 g/mol. The Hall–Kier alpha value is -1.34. The Morgan fingerprint density at radius 1 is 1.11 bits per heavy atom. The lowest BCUT2D eigenvalue weighted by atomic mass is 9.75. The highest BCUT2D eigenvalue weighted by Gasteiger charge is 2.25. The van der Waals surface area contributed by atoms with Gasteiger partial charge in [-0.1, -0.05) is 68.5 Å². The molecule has 1 aliphatic rings. The number of ether oxygens (including phenoxy) is 1. The minimum atomic E-state index is 0.255. The van der Waals surface area contributed by atoms with Gasteiger partial charge in [0.05, 0.1) is 6.61 Å². The number of allylic oxidation sites excluding steroid dienone is 4. The summed E-state index contributed by atoms with van der Waals surface area (Å²) in [4.78, 5) is 0. The van der Waals surface area contributed by atoms with Crippen LogP contribution in [0.3, 0.4) is 0 Å². The van der Waals surface area contributed by atoms with Crippen molar-refractivity contribution in [1.82, 2.24) is 0 Å². The summed E-state index contributed by atoms with van der Waals surface area (Å²) < 4.78 is 5.76. The summed E-state index contributed by atoms with van der Waals surface area (Å²) in [7, 11) is 0. The van der Waals surface area contributed by atoms with E-state index in [2.05, 4.69) is 62.4 Å². The molecular formula is C17H22O. The van der Waals surface area contributed by atoms with Crippen molar-refractivity contribution in [2.24, 2.45) is 11.3 Å². The third-order valence-electron chi connectivity index (χ3n) is 3.62. The van der Waals surface area contributed by atoms with Crippen molar-refractivity contribution in [1.29, 1.82) is 0 Å². The van der Waals surface area contributed by atoms with Gasteiger partial charge in [0, 0.05) is 6.61 Å². The lowest BCUT2D eigenvalue weighted by Crippen LogP contribution is -2.23. The molecule has 0 radical (unpaired) electrons. The summed E-state index contributed by atoms with van der Waals surface area (Å²) in [6, 6.07) is 10.3. The maximum absolute atomic E-state index is 5.76. The lowest BCUT2D eigenvalue weighted by Gasteiger charge is -2.31. The minimum Gasteiger partial charge on any atom is -0.377 e. The van der Waals surface area contributed by atoms with Crippen LogP contribution in [-0.2, 0) is 11.3 Å². The highest BCUT2D eigenvalue weighted by atomic mass is 16.5. The molecule has 0 fully saturated rings. The molecular weight excluding hydrogens is 220 g/mol. The normalized spacial score (nSPS) is 21.1. The largest absolute Gasteiger partial charge is 0.377 e. The summed E-state index contributed by atoms with van der Waals surface area (Å²) in [5, 5.41) is 0. The molecule has 0 heterocycles. The SMILES string of the molecule is CC1(C)C=CC=CC1CCOCc1ccccc1. The Bertz CT molecular complexity index is 414. The Balaban J connectivity index is 1.73. The summed E-state index contributed by atoms with van der Waals surface area (Å²) in [6.07, 6.45) is 9.95. The first-order valence-electron chi connectivity index (χ1n) is 6.66. The molecule has 1 aromatic rings. The molecule has 0 aliphatic heterocycles. The highest BCUT2D eigenvalue weighted by Crippen LogP contribution is 2.34. The van der Waals surface area contributed by atoms with E-state index in [-0.39, 0.29) is 5.41 Å². The van der Waals surface area contributed by atoms with Crippen molar-refractivity contribution in [3.8, 4) is 0 Å². The predicted octanol–water partition coefficient (Wildman–Crippen LogP) is 4.36. The first-order chi connectivity index (χ1) is 8.68. The second-order valence-electron chi connectivity index (χ2n) is 5.50. The van der Waals surface area contributed by atoms with Gasteiger partial charge in [0.2, 0.25) is 0 Å². The quantitative estimate of drug-likeness (QED) is 0.697. The van der Waals surface area contributed by atoms with Crippen LogP contribution in [0.1, 0.15) is 25.8 Å². The summed E-state index contributed by atoms with van der Waals surface area (Å²) in [5.74, 6) is 0.582. The maximum Gasteiger partial charge on any atom is 0.0716 e. The van der Waals surface area contributed by atoms with Crippen LogP contribution in [0.5, 0.6) is 0 Å². The van der Waals surface area contributed by atoms with E-state index in [1.165, 1.54) is 5.56 Å². The van der Waals surface area contributed by atoms with E-state index in [1.54, 1.807) is 0 Å². The van der Waals surface area contributed by atoms with Crippen molar-refractivity contribution in [2.75, 3.05) is 6.61 Å². The van der Waals surface area contributed by atoms with Crippen LogP contribution in [0, 0.1) is 11.3 Å². The van der Waals surface area contributed by atoms with E-state index >= 15 is 0 Å². The fraction of sp³-hybridized carbons (Fsp3) is 0.412. The maximum atomic E-state index is 5.76. The van der Waals surface area contributed by atoms with Gasteiger partial charge in [-0.25, -0.2) is 0 Å². The van der Waals surface area contributed by atoms with E-state index in [1.807, 2.05) is 6.07 Å².